The van der Waals surface area contributed by atoms with Gasteiger partial charge in [0.05, 0.1) is 18.6 Å². The summed E-state index contributed by atoms with van der Waals surface area (Å²) in [7, 11) is 0. The standard InChI is InChI=1S/C10H11N3O2/c11-6-7-5-8(12)1-2-9(7)15-4-3-10(13)14/h1-2,5H,3-4,12H2,(H2,13,14). The van der Waals surface area contributed by atoms with Crippen molar-refractivity contribution in [1.82, 2.24) is 0 Å². The molecule has 0 spiro atoms. The number of nitrogen functional groups attached to an aromatic ring is 1. The number of carbonyl (C=O) groups is 1. The maximum atomic E-state index is 10.5. The first kappa shape index (κ1) is 10.9. The molecule has 0 atom stereocenters. The summed E-state index contributed by atoms with van der Waals surface area (Å²) in [5.41, 5.74) is 11.3. The van der Waals surface area contributed by atoms with Crippen LogP contribution < -0.4 is 16.2 Å². The molecule has 5 heteroatoms. The fourth-order valence-electron chi connectivity index (χ4n) is 1.02. The number of rotatable bonds is 4. The van der Waals surface area contributed by atoms with Gasteiger partial charge < -0.3 is 16.2 Å². The minimum atomic E-state index is -0.441. The molecule has 1 amide bonds. The smallest absolute Gasteiger partial charge is 0.220 e. The van der Waals surface area contributed by atoms with Gasteiger partial charge in [-0.3, -0.25) is 4.79 Å². The molecule has 0 unspecified atom stereocenters. The molecule has 1 rings (SSSR count). The first-order valence-corrected chi connectivity index (χ1v) is 4.34. The van der Waals surface area contributed by atoms with Crippen molar-refractivity contribution in [2.75, 3.05) is 12.3 Å². The van der Waals surface area contributed by atoms with Crippen molar-refractivity contribution in [3.63, 3.8) is 0 Å². The van der Waals surface area contributed by atoms with Crippen molar-refractivity contribution in [1.29, 1.82) is 5.26 Å². The van der Waals surface area contributed by atoms with Crippen LogP contribution in [0.25, 0.3) is 0 Å². The van der Waals surface area contributed by atoms with Crippen LogP contribution in [0.5, 0.6) is 5.75 Å². The van der Waals surface area contributed by atoms with E-state index in [0.29, 0.717) is 17.0 Å². The third kappa shape index (κ3) is 3.19. The Hall–Kier alpha value is -2.22. The van der Waals surface area contributed by atoms with Crippen LogP contribution in [-0.4, -0.2) is 12.5 Å². The lowest BCUT2D eigenvalue weighted by Gasteiger charge is -2.06. The van der Waals surface area contributed by atoms with Gasteiger partial charge in [0.15, 0.2) is 0 Å². The van der Waals surface area contributed by atoms with Gasteiger partial charge in [0.2, 0.25) is 5.91 Å². The molecule has 0 aromatic heterocycles. The lowest BCUT2D eigenvalue weighted by atomic mass is 10.2. The number of carbonyl (C=O) groups excluding carboxylic acids is 1. The molecule has 0 aliphatic carbocycles. The second-order valence-corrected chi connectivity index (χ2v) is 2.93. The predicted octanol–water partition coefficient (Wildman–Crippen LogP) is 0.395. The molecule has 0 aliphatic heterocycles. The van der Waals surface area contributed by atoms with Crippen molar-refractivity contribution < 1.29 is 9.53 Å². The number of benzene rings is 1. The van der Waals surface area contributed by atoms with E-state index in [9.17, 15) is 4.79 Å². The molecule has 1 aromatic carbocycles. The van der Waals surface area contributed by atoms with Gasteiger partial charge in [-0.2, -0.15) is 5.26 Å². The highest BCUT2D eigenvalue weighted by Crippen LogP contribution is 2.20. The molecule has 0 saturated carbocycles. The first-order chi connectivity index (χ1) is 7.13. The van der Waals surface area contributed by atoms with E-state index in [2.05, 4.69) is 0 Å². The summed E-state index contributed by atoms with van der Waals surface area (Å²) in [5.74, 6) is -0.0306. The van der Waals surface area contributed by atoms with E-state index in [1.807, 2.05) is 6.07 Å². The molecule has 4 N–H and O–H groups in total. The highest BCUT2D eigenvalue weighted by molar-refractivity contribution is 5.73. The van der Waals surface area contributed by atoms with Crippen molar-refractivity contribution in [3.8, 4) is 11.8 Å². The zero-order valence-corrected chi connectivity index (χ0v) is 8.06. The van der Waals surface area contributed by atoms with E-state index in [1.165, 1.54) is 6.07 Å². The van der Waals surface area contributed by atoms with E-state index in [1.54, 1.807) is 12.1 Å². The molecule has 78 valence electrons. The highest BCUT2D eigenvalue weighted by Gasteiger charge is 2.04. The summed E-state index contributed by atoms with van der Waals surface area (Å²) < 4.78 is 5.21. The van der Waals surface area contributed by atoms with Crippen LogP contribution in [0.1, 0.15) is 12.0 Å². The van der Waals surface area contributed by atoms with E-state index in [0.717, 1.165) is 0 Å². The van der Waals surface area contributed by atoms with Crippen LogP contribution >= 0.6 is 0 Å². The van der Waals surface area contributed by atoms with E-state index in [-0.39, 0.29) is 13.0 Å². The Morgan fingerprint density at radius 1 is 1.53 bits per heavy atom. The summed E-state index contributed by atoms with van der Waals surface area (Å²) in [5, 5.41) is 8.77. The van der Waals surface area contributed by atoms with E-state index in [4.69, 9.17) is 21.5 Å². The Kier molecular flexibility index (Phi) is 3.52. The first-order valence-electron chi connectivity index (χ1n) is 4.34. The largest absolute Gasteiger partial charge is 0.492 e. The fourth-order valence-corrected chi connectivity index (χ4v) is 1.02. The third-order valence-electron chi connectivity index (χ3n) is 1.73. The zero-order chi connectivity index (χ0) is 11.3. The lowest BCUT2D eigenvalue weighted by molar-refractivity contribution is -0.118. The SMILES string of the molecule is N#Cc1cc(N)ccc1OCCC(N)=O. The number of amides is 1. The monoisotopic (exact) mass is 205 g/mol. The van der Waals surface area contributed by atoms with Gasteiger partial charge >= 0.3 is 0 Å². The van der Waals surface area contributed by atoms with Crippen molar-refractivity contribution in [2.45, 2.75) is 6.42 Å². The molecule has 0 saturated heterocycles. The Bertz CT molecular complexity index is 410. The van der Waals surface area contributed by atoms with E-state index < -0.39 is 5.91 Å². The Labute approximate surface area is 87.2 Å². The summed E-state index contributed by atoms with van der Waals surface area (Å²) >= 11 is 0. The molecular weight excluding hydrogens is 194 g/mol. The molecular formula is C10H11N3O2. The summed E-state index contributed by atoms with van der Waals surface area (Å²) in [4.78, 5) is 10.5. The highest BCUT2D eigenvalue weighted by atomic mass is 16.5. The number of nitriles is 1. The summed E-state index contributed by atoms with van der Waals surface area (Å²) in [6.07, 6.45) is 0.120. The molecule has 15 heavy (non-hydrogen) atoms. The van der Waals surface area contributed by atoms with Gasteiger partial charge in [-0.15, -0.1) is 0 Å². The molecule has 0 heterocycles. The minimum Gasteiger partial charge on any atom is -0.492 e. The Morgan fingerprint density at radius 3 is 2.87 bits per heavy atom. The third-order valence-corrected chi connectivity index (χ3v) is 1.73. The number of primary amides is 1. The van der Waals surface area contributed by atoms with Crippen LogP contribution in [0.3, 0.4) is 0 Å². The van der Waals surface area contributed by atoms with E-state index >= 15 is 0 Å². The Morgan fingerprint density at radius 2 is 2.27 bits per heavy atom. The van der Waals surface area contributed by atoms with Crippen molar-refractivity contribution in [2.24, 2.45) is 5.73 Å². The Balaban J connectivity index is 2.69. The molecule has 0 aliphatic rings. The molecule has 1 aromatic rings. The maximum Gasteiger partial charge on any atom is 0.220 e. The van der Waals surface area contributed by atoms with Gasteiger partial charge in [0, 0.05) is 5.69 Å². The summed E-state index contributed by atoms with van der Waals surface area (Å²) in [6.45, 7) is 0.161. The average Bonchev–Trinajstić information content (AvgIpc) is 2.19. The summed E-state index contributed by atoms with van der Waals surface area (Å²) in [6, 6.07) is 6.68. The lowest BCUT2D eigenvalue weighted by Crippen LogP contribution is -2.14. The fraction of sp³-hybridized carbons (Fsp3) is 0.200. The van der Waals surface area contributed by atoms with Crippen LogP contribution in [0.4, 0.5) is 5.69 Å². The number of ether oxygens (including phenoxy) is 1. The molecule has 0 radical (unpaired) electrons. The van der Waals surface area contributed by atoms with Gasteiger partial charge in [-0.05, 0) is 18.2 Å². The topological polar surface area (TPSA) is 102 Å². The second kappa shape index (κ2) is 4.86. The minimum absolute atomic E-state index is 0.120. The number of hydrogen-bond donors (Lipinski definition) is 2. The zero-order valence-electron chi connectivity index (χ0n) is 8.06. The van der Waals surface area contributed by atoms with Crippen molar-refractivity contribution in [3.05, 3.63) is 23.8 Å². The number of anilines is 1. The predicted molar refractivity (Wildman–Crippen MR) is 54.9 cm³/mol. The van der Waals surface area contributed by atoms with Crippen LogP contribution in [0, 0.1) is 11.3 Å². The second-order valence-electron chi connectivity index (χ2n) is 2.93. The molecule has 5 nitrogen and oxygen atoms in total. The van der Waals surface area contributed by atoms with Gasteiger partial charge in [0.1, 0.15) is 11.8 Å². The molecule has 0 bridgehead atoms. The molecule has 0 fully saturated rings. The normalized spacial score (nSPS) is 9.27. The maximum absolute atomic E-state index is 10.5. The van der Waals surface area contributed by atoms with Crippen LogP contribution in [0.2, 0.25) is 0 Å². The number of nitrogens with two attached hydrogens (primary N) is 2. The van der Waals surface area contributed by atoms with Crippen molar-refractivity contribution >= 4 is 11.6 Å². The van der Waals surface area contributed by atoms with Gasteiger partial charge in [-0.1, -0.05) is 0 Å². The number of nitrogens with zero attached hydrogens (tertiary/aromatic N) is 1. The average molecular weight is 205 g/mol. The van der Waals surface area contributed by atoms with Gasteiger partial charge in [-0.25, -0.2) is 0 Å². The quantitative estimate of drug-likeness (QED) is 0.694. The van der Waals surface area contributed by atoms with Crippen LogP contribution in [-0.2, 0) is 4.79 Å². The van der Waals surface area contributed by atoms with Crippen LogP contribution in [0.15, 0.2) is 18.2 Å². The van der Waals surface area contributed by atoms with Gasteiger partial charge in [0.25, 0.3) is 0 Å². The number of hydrogen-bond acceptors (Lipinski definition) is 4.